The van der Waals surface area contributed by atoms with Gasteiger partial charge in [-0.25, -0.2) is 8.42 Å². The molecule has 0 amide bonds. The second-order valence-corrected chi connectivity index (χ2v) is 6.23. The maximum Gasteiger partial charge on any atom is 0.261 e. The molecule has 2 aromatic rings. The maximum atomic E-state index is 12.4. The molecule has 0 aliphatic rings. The van der Waals surface area contributed by atoms with Crippen molar-refractivity contribution in [2.24, 2.45) is 0 Å². The van der Waals surface area contributed by atoms with Gasteiger partial charge in [0.05, 0.1) is 17.7 Å². The van der Waals surface area contributed by atoms with Gasteiger partial charge in [-0.1, -0.05) is 18.2 Å². The lowest BCUT2D eigenvalue weighted by Crippen LogP contribution is -2.14. The first-order valence-corrected chi connectivity index (χ1v) is 7.65. The first-order valence-electron chi connectivity index (χ1n) is 6.17. The molecule has 0 radical (unpaired) electrons. The molecule has 2 aromatic carbocycles. The van der Waals surface area contributed by atoms with Crippen molar-refractivity contribution in [1.82, 2.24) is 0 Å². The molecular weight excluding hydrogens is 274 g/mol. The largest absolute Gasteiger partial charge is 0.497 e. The molecule has 0 bridgehead atoms. The van der Waals surface area contributed by atoms with E-state index in [1.807, 2.05) is 32.0 Å². The Morgan fingerprint density at radius 1 is 0.950 bits per heavy atom. The second kappa shape index (κ2) is 5.54. The molecule has 4 nitrogen and oxygen atoms in total. The number of nitrogens with one attached hydrogen (secondary N) is 1. The van der Waals surface area contributed by atoms with E-state index in [0.717, 1.165) is 11.1 Å². The van der Waals surface area contributed by atoms with Gasteiger partial charge in [0.1, 0.15) is 5.75 Å². The van der Waals surface area contributed by atoms with E-state index < -0.39 is 10.0 Å². The van der Waals surface area contributed by atoms with Crippen LogP contribution in [0.1, 0.15) is 11.1 Å². The molecule has 20 heavy (non-hydrogen) atoms. The van der Waals surface area contributed by atoms with Gasteiger partial charge < -0.3 is 4.74 Å². The van der Waals surface area contributed by atoms with Crippen LogP contribution in [0.5, 0.6) is 5.75 Å². The number of anilines is 1. The summed E-state index contributed by atoms with van der Waals surface area (Å²) in [5, 5.41) is 0. The van der Waals surface area contributed by atoms with Crippen molar-refractivity contribution in [3.05, 3.63) is 53.6 Å². The van der Waals surface area contributed by atoms with Crippen molar-refractivity contribution in [2.75, 3.05) is 11.8 Å². The molecule has 0 saturated heterocycles. The minimum atomic E-state index is -3.59. The number of methoxy groups -OCH3 is 1. The number of sulfonamides is 1. The summed E-state index contributed by atoms with van der Waals surface area (Å²) in [5.74, 6) is 0.621. The minimum absolute atomic E-state index is 0.209. The van der Waals surface area contributed by atoms with Crippen molar-refractivity contribution in [1.29, 1.82) is 0 Å². The van der Waals surface area contributed by atoms with Gasteiger partial charge in [0.15, 0.2) is 0 Å². The quantitative estimate of drug-likeness (QED) is 0.941. The number of hydrogen-bond acceptors (Lipinski definition) is 3. The summed E-state index contributed by atoms with van der Waals surface area (Å²) in [4.78, 5) is 0.209. The fourth-order valence-electron chi connectivity index (χ4n) is 1.92. The molecule has 1 N–H and O–H groups in total. The third-order valence-electron chi connectivity index (χ3n) is 3.09. The highest BCUT2D eigenvalue weighted by Crippen LogP contribution is 2.24. The van der Waals surface area contributed by atoms with Crippen LogP contribution < -0.4 is 9.46 Å². The molecule has 0 heterocycles. The van der Waals surface area contributed by atoms with Gasteiger partial charge in [0, 0.05) is 0 Å². The zero-order chi connectivity index (χ0) is 14.8. The lowest BCUT2D eigenvalue weighted by atomic mass is 10.1. The van der Waals surface area contributed by atoms with Gasteiger partial charge in [-0.05, 0) is 49.2 Å². The standard InChI is InChI=1S/C15H17NO3S/c1-11-5-4-6-12(2)15(11)16-20(17,18)14-9-7-13(19-3)8-10-14/h4-10,16H,1-3H3. The summed E-state index contributed by atoms with van der Waals surface area (Å²) in [7, 11) is -2.05. The van der Waals surface area contributed by atoms with Crippen LogP contribution in [0.3, 0.4) is 0 Å². The Kier molecular flexibility index (Phi) is 3.99. The molecule has 5 heteroatoms. The number of ether oxygens (including phenoxy) is 1. The summed E-state index contributed by atoms with van der Waals surface area (Å²) in [6.07, 6.45) is 0. The second-order valence-electron chi connectivity index (χ2n) is 4.55. The predicted molar refractivity (Wildman–Crippen MR) is 79.7 cm³/mol. The molecule has 0 fully saturated rings. The highest BCUT2D eigenvalue weighted by atomic mass is 32.2. The lowest BCUT2D eigenvalue weighted by molar-refractivity contribution is 0.414. The van der Waals surface area contributed by atoms with E-state index >= 15 is 0 Å². The molecule has 0 aliphatic carbocycles. The summed E-state index contributed by atoms with van der Waals surface area (Å²) < 4.78 is 32.4. The number of aryl methyl sites for hydroxylation is 2. The molecule has 0 atom stereocenters. The molecule has 106 valence electrons. The van der Waals surface area contributed by atoms with Gasteiger partial charge in [-0.2, -0.15) is 0 Å². The van der Waals surface area contributed by atoms with Gasteiger partial charge >= 0.3 is 0 Å². The van der Waals surface area contributed by atoms with Gasteiger partial charge in [-0.15, -0.1) is 0 Å². The highest BCUT2D eigenvalue weighted by Gasteiger charge is 2.16. The Morgan fingerprint density at radius 2 is 1.50 bits per heavy atom. The van der Waals surface area contributed by atoms with E-state index in [1.165, 1.54) is 12.1 Å². The zero-order valence-electron chi connectivity index (χ0n) is 11.7. The third kappa shape index (κ3) is 2.93. The van der Waals surface area contributed by atoms with Crippen LogP contribution in [0.2, 0.25) is 0 Å². The van der Waals surface area contributed by atoms with Gasteiger partial charge in [-0.3, -0.25) is 4.72 Å². The van der Waals surface area contributed by atoms with E-state index in [0.29, 0.717) is 11.4 Å². The van der Waals surface area contributed by atoms with Crippen LogP contribution >= 0.6 is 0 Å². The molecule has 2 rings (SSSR count). The smallest absolute Gasteiger partial charge is 0.261 e. The number of para-hydroxylation sites is 1. The van der Waals surface area contributed by atoms with Crippen molar-refractivity contribution >= 4 is 15.7 Å². The Balaban J connectivity index is 2.35. The Bertz CT molecular complexity index is 686. The predicted octanol–water partition coefficient (Wildman–Crippen LogP) is 3.11. The van der Waals surface area contributed by atoms with E-state index in [-0.39, 0.29) is 4.90 Å². The Labute approximate surface area is 119 Å². The highest BCUT2D eigenvalue weighted by molar-refractivity contribution is 7.92. The summed E-state index contributed by atoms with van der Waals surface area (Å²) >= 11 is 0. The van der Waals surface area contributed by atoms with Crippen LogP contribution in [0, 0.1) is 13.8 Å². The van der Waals surface area contributed by atoms with Crippen molar-refractivity contribution < 1.29 is 13.2 Å². The monoisotopic (exact) mass is 291 g/mol. The zero-order valence-corrected chi connectivity index (χ0v) is 12.5. The molecule has 0 aliphatic heterocycles. The summed E-state index contributed by atoms with van der Waals surface area (Å²) in [5.41, 5.74) is 2.41. The summed E-state index contributed by atoms with van der Waals surface area (Å²) in [6, 6.07) is 11.9. The molecule has 0 spiro atoms. The van der Waals surface area contributed by atoms with Crippen molar-refractivity contribution in [3.8, 4) is 5.75 Å². The molecular formula is C15H17NO3S. The number of rotatable bonds is 4. The van der Waals surface area contributed by atoms with Crippen molar-refractivity contribution in [2.45, 2.75) is 18.7 Å². The summed E-state index contributed by atoms with van der Waals surface area (Å²) in [6.45, 7) is 3.75. The van der Waals surface area contributed by atoms with E-state index in [2.05, 4.69) is 4.72 Å². The molecule has 0 unspecified atom stereocenters. The number of benzene rings is 2. The van der Waals surface area contributed by atoms with E-state index in [9.17, 15) is 8.42 Å². The van der Waals surface area contributed by atoms with Crippen molar-refractivity contribution in [3.63, 3.8) is 0 Å². The fourth-order valence-corrected chi connectivity index (χ4v) is 3.13. The van der Waals surface area contributed by atoms with Gasteiger partial charge in [0.25, 0.3) is 10.0 Å². The van der Waals surface area contributed by atoms with Crippen LogP contribution in [-0.2, 0) is 10.0 Å². The first kappa shape index (κ1) is 14.4. The lowest BCUT2D eigenvalue weighted by Gasteiger charge is -2.13. The molecule has 0 aromatic heterocycles. The SMILES string of the molecule is COc1ccc(S(=O)(=O)Nc2c(C)cccc2C)cc1. The topological polar surface area (TPSA) is 55.4 Å². The van der Waals surface area contributed by atoms with Crippen LogP contribution in [-0.4, -0.2) is 15.5 Å². The van der Waals surface area contributed by atoms with Crippen LogP contribution in [0.4, 0.5) is 5.69 Å². The van der Waals surface area contributed by atoms with Gasteiger partial charge in [0.2, 0.25) is 0 Å². The van der Waals surface area contributed by atoms with Crippen LogP contribution in [0.25, 0.3) is 0 Å². The third-order valence-corrected chi connectivity index (χ3v) is 4.45. The van der Waals surface area contributed by atoms with E-state index in [1.54, 1.807) is 19.2 Å². The normalized spacial score (nSPS) is 11.2. The average Bonchev–Trinajstić information content (AvgIpc) is 2.43. The average molecular weight is 291 g/mol. The van der Waals surface area contributed by atoms with E-state index in [4.69, 9.17) is 4.74 Å². The molecule has 0 saturated carbocycles. The Hall–Kier alpha value is -2.01. The Morgan fingerprint density at radius 3 is 2.00 bits per heavy atom. The maximum absolute atomic E-state index is 12.4. The first-order chi connectivity index (χ1) is 9.44. The number of hydrogen-bond donors (Lipinski definition) is 1. The fraction of sp³-hybridized carbons (Fsp3) is 0.200. The minimum Gasteiger partial charge on any atom is -0.497 e. The van der Waals surface area contributed by atoms with Crippen LogP contribution in [0.15, 0.2) is 47.4 Å².